The predicted octanol–water partition coefficient (Wildman–Crippen LogP) is 7.80. The Kier molecular flexibility index (Phi) is 10.4. The minimum atomic E-state index is -0.944. The monoisotopic (exact) mass is 678 g/mol. The summed E-state index contributed by atoms with van der Waals surface area (Å²) in [7, 11) is 0. The minimum Gasteiger partial charge on any atom is -0.369 e. The summed E-state index contributed by atoms with van der Waals surface area (Å²) in [4.78, 5) is 45.3. The van der Waals surface area contributed by atoms with Gasteiger partial charge in [-0.25, -0.2) is 4.39 Å². The first-order chi connectivity index (χ1) is 23.7. The van der Waals surface area contributed by atoms with Crippen molar-refractivity contribution in [1.82, 2.24) is 5.32 Å². The second kappa shape index (κ2) is 15.1. The van der Waals surface area contributed by atoms with Gasteiger partial charge in [-0.05, 0) is 77.9 Å². The van der Waals surface area contributed by atoms with Crippen molar-refractivity contribution in [2.24, 2.45) is 23.5 Å². The molecular formula is C40H40ClFN4O3. The molecule has 6 rings (SSSR count). The van der Waals surface area contributed by atoms with E-state index in [0.29, 0.717) is 18.0 Å². The number of amides is 3. The number of allylic oxidation sites excluding steroid dienone is 1. The van der Waals surface area contributed by atoms with Crippen LogP contribution in [0.2, 0.25) is 5.02 Å². The molecule has 1 heterocycles. The Labute approximate surface area is 291 Å². The summed E-state index contributed by atoms with van der Waals surface area (Å²) >= 11 is 6.09. The average Bonchev–Trinajstić information content (AvgIpc) is 3.19. The van der Waals surface area contributed by atoms with Crippen LogP contribution in [0, 0.1) is 23.6 Å². The van der Waals surface area contributed by atoms with Gasteiger partial charge >= 0.3 is 0 Å². The number of carbonyl (C=O) groups excluding carboxylic acids is 3. The van der Waals surface area contributed by atoms with Crippen LogP contribution in [0.3, 0.4) is 0 Å². The topological polar surface area (TPSA) is 95.7 Å². The van der Waals surface area contributed by atoms with E-state index in [9.17, 15) is 18.8 Å². The number of hydrogen-bond acceptors (Lipinski definition) is 4. The van der Waals surface area contributed by atoms with E-state index in [1.54, 1.807) is 23.1 Å². The smallest absolute Gasteiger partial charge is 0.251 e. The Hall–Kier alpha value is -4.95. The SMILES string of the molecule is C=CCC(C(N)=O)C(CC1CCC1)C(=O)NC1CN(c2ccccc2)c2ccccc2N(Cc2cccc(-c3ccc(F)c(Cl)c3)c2)C1=O. The molecule has 0 spiro atoms. The molecule has 3 atom stereocenters. The maximum atomic E-state index is 14.7. The summed E-state index contributed by atoms with van der Waals surface area (Å²) in [6, 6.07) is 28.8. The van der Waals surface area contributed by atoms with Gasteiger partial charge in [-0.1, -0.05) is 91.5 Å². The van der Waals surface area contributed by atoms with Crippen molar-refractivity contribution < 1.29 is 18.8 Å². The highest BCUT2D eigenvalue weighted by molar-refractivity contribution is 6.31. The van der Waals surface area contributed by atoms with E-state index in [1.165, 1.54) is 6.07 Å². The third kappa shape index (κ3) is 7.55. The Morgan fingerprint density at radius 1 is 0.939 bits per heavy atom. The van der Waals surface area contributed by atoms with E-state index < -0.39 is 29.6 Å². The number of benzene rings is 4. The second-order valence-electron chi connectivity index (χ2n) is 12.9. The van der Waals surface area contributed by atoms with Crippen LogP contribution in [0.4, 0.5) is 21.5 Å². The molecule has 3 unspecified atom stereocenters. The lowest BCUT2D eigenvalue weighted by Gasteiger charge is -2.33. The van der Waals surface area contributed by atoms with Gasteiger partial charge in [0.2, 0.25) is 11.8 Å². The number of hydrogen-bond donors (Lipinski definition) is 2. The zero-order valence-corrected chi connectivity index (χ0v) is 28.0. The number of nitrogens with one attached hydrogen (secondary N) is 1. The number of anilines is 3. The highest BCUT2D eigenvalue weighted by atomic mass is 35.5. The van der Waals surface area contributed by atoms with Crippen LogP contribution in [0.25, 0.3) is 11.1 Å². The second-order valence-corrected chi connectivity index (χ2v) is 13.3. The summed E-state index contributed by atoms with van der Waals surface area (Å²) in [5.41, 5.74) is 10.6. The minimum absolute atomic E-state index is 0.0291. The molecule has 2 aliphatic rings. The molecule has 1 aliphatic heterocycles. The number of rotatable bonds is 12. The molecule has 1 saturated carbocycles. The summed E-state index contributed by atoms with van der Waals surface area (Å²) in [6.45, 7) is 4.18. The first kappa shape index (κ1) is 33.9. The first-order valence-corrected chi connectivity index (χ1v) is 17.1. The lowest BCUT2D eigenvalue weighted by molar-refractivity contribution is -0.136. The van der Waals surface area contributed by atoms with E-state index in [0.717, 1.165) is 47.3 Å². The maximum absolute atomic E-state index is 14.7. The van der Waals surface area contributed by atoms with Crippen molar-refractivity contribution in [3.05, 3.63) is 126 Å². The zero-order chi connectivity index (χ0) is 34.5. The molecule has 4 aromatic rings. The van der Waals surface area contributed by atoms with E-state index in [2.05, 4.69) is 11.9 Å². The molecule has 3 amide bonds. The number of para-hydroxylation sites is 3. The summed E-state index contributed by atoms with van der Waals surface area (Å²) in [5.74, 6) is -2.75. The van der Waals surface area contributed by atoms with E-state index in [4.69, 9.17) is 17.3 Å². The van der Waals surface area contributed by atoms with Gasteiger partial charge in [0, 0.05) is 5.69 Å². The van der Waals surface area contributed by atoms with E-state index >= 15 is 0 Å². The maximum Gasteiger partial charge on any atom is 0.251 e. The molecule has 0 radical (unpaired) electrons. The Morgan fingerprint density at radius 3 is 2.33 bits per heavy atom. The molecule has 0 saturated heterocycles. The van der Waals surface area contributed by atoms with Crippen molar-refractivity contribution in [2.45, 2.75) is 44.7 Å². The molecule has 49 heavy (non-hydrogen) atoms. The summed E-state index contributed by atoms with van der Waals surface area (Å²) < 4.78 is 13.9. The standard InChI is InChI=1S/C40H40ClFN4O3/c1-2-10-31(38(43)47)32(22-26-11-8-12-26)39(48)44-35-25-45(30-15-4-3-5-16-30)36-17-6-7-18-37(36)46(40(35)49)24-27-13-9-14-28(21-27)29-19-20-34(42)33(41)23-29/h2-7,9,13-21,23,26,31-32,35H,1,8,10-12,22,24-25H2,(H2,43,47)(H,44,48). The number of nitrogens with two attached hydrogens (primary N) is 1. The first-order valence-electron chi connectivity index (χ1n) is 16.7. The quantitative estimate of drug-likeness (QED) is 0.150. The number of carbonyl (C=O) groups is 3. The van der Waals surface area contributed by atoms with Gasteiger partial charge in [0.05, 0.1) is 41.3 Å². The van der Waals surface area contributed by atoms with Crippen LogP contribution >= 0.6 is 11.6 Å². The fourth-order valence-corrected chi connectivity index (χ4v) is 7.08. The highest BCUT2D eigenvalue weighted by Gasteiger charge is 2.40. The van der Waals surface area contributed by atoms with Gasteiger partial charge in [0.15, 0.2) is 0 Å². The molecule has 9 heteroatoms. The van der Waals surface area contributed by atoms with Gasteiger partial charge in [-0.15, -0.1) is 6.58 Å². The van der Waals surface area contributed by atoms with Crippen molar-refractivity contribution in [3.8, 4) is 11.1 Å². The average molecular weight is 679 g/mol. The third-order valence-corrected chi connectivity index (χ3v) is 10.0. The normalized spacial score (nSPS) is 17.3. The number of fused-ring (bicyclic) bond motifs is 1. The van der Waals surface area contributed by atoms with Gasteiger partial charge in [0.1, 0.15) is 11.9 Å². The van der Waals surface area contributed by atoms with Crippen LogP contribution < -0.4 is 20.9 Å². The van der Waals surface area contributed by atoms with E-state index in [-0.39, 0.29) is 36.3 Å². The third-order valence-electron chi connectivity index (χ3n) is 9.72. The van der Waals surface area contributed by atoms with Crippen LogP contribution in [0.15, 0.2) is 110 Å². The van der Waals surface area contributed by atoms with Crippen molar-refractivity contribution >= 4 is 46.4 Å². The lowest BCUT2D eigenvalue weighted by atomic mass is 9.74. The Bertz CT molecular complexity index is 1850. The molecule has 4 aromatic carbocycles. The summed E-state index contributed by atoms with van der Waals surface area (Å²) in [5, 5.41) is 3.12. The molecule has 7 nitrogen and oxygen atoms in total. The van der Waals surface area contributed by atoms with Crippen molar-refractivity contribution in [1.29, 1.82) is 0 Å². The highest BCUT2D eigenvalue weighted by Crippen LogP contribution is 2.39. The van der Waals surface area contributed by atoms with Crippen LogP contribution in [0.1, 0.15) is 37.7 Å². The fraction of sp³-hybridized carbons (Fsp3) is 0.275. The molecule has 252 valence electrons. The number of nitrogens with zero attached hydrogens (tertiary/aromatic N) is 2. The number of halogens is 2. The zero-order valence-electron chi connectivity index (χ0n) is 27.2. The fourth-order valence-electron chi connectivity index (χ4n) is 6.90. The molecule has 0 aromatic heterocycles. The van der Waals surface area contributed by atoms with Crippen molar-refractivity contribution in [2.75, 3.05) is 16.3 Å². The molecular weight excluding hydrogens is 639 g/mol. The lowest BCUT2D eigenvalue weighted by Crippen LogP contribution is -2.54. The molecule has 0 bridgehead atoms. The Morgan fingerprint density at radius 2 is 1.65 bits per heavy atom. The van der Waals surface area contributed by atoms with Crippen LogP contribution in [-0.2, 0) is 20.9 Å². The number of primary amides is 1. The van der Waals surface area contributed by atoms with E-state index in [1.807, 2.05) is 83.8 Å². The van der Waals surface area contributed by atoms with Gasteiger partial charge < -0.3 is 20.9 Å². The van der Waals surface area contributed by atoms with Gasteiger partial charge in [-0.3, -0.25) is 14.4 Å². The predicted molar refractivity (Wildman–Crippen MR) is 193 cm³/mol. The molecule has 1 aliphatic carbocycles. The van der Waals surface area contributed by atoms with Crippen LogP contribution in [0.5, 0.6) is 0 Å². The molecule has 3 N–H and O–H groups in total. The van der Waals surface area contributed by atoms with Gasteiger partial charge in [-0.2, -0.15) is 0 Å². The molecule has 1 fully saturated rings. The van der Waals surface area contributed by atoms with Gasteiger partial charge in [0.25, 0.3) is 5.91 Å². The van der Waals surface area contributed by atoms with Crippen LogP contribution in [-0.4, -0.2) is 30.3 Å². The summed E-state index contributed by atoms with van der Waals surface area (Å²) in [6.07, 6.45) is 5.52. The van der Waals surface area contributed by atoms with Crippen molar-refractivity contribution in [3.63, 3.8) is 0 Å². The largest absolute Gasteiger partial charge is 0.369 e. The Balaban J connectivity index is 1.38.